The van der Waals surface area contributed by atoms with Gasteiger partial charge in [-0.1, -0.05) is 30.3 Å². The number of hydrogen-bond acceptors (Lipinski definition) is 2. The maximum absolute atomic E-state index is 10.6. The zero-order valence-corrected chi connectivity index (χ0v) is 15.5. The van der Waals surface area contributed by atoms with Crippen LogP contribution in [0.5, 0.6) is 5.75 Å². The van der Waals surface area contributed by atoms with Crippen LogP contribution < -0.4 is 9.30 Å². The minimum absolute atomic E-state index is 0.282. The van der Waals surface area contributed by atoms with Crippen molar-refractivity contribution in [3.8, 4) is 5.75 Å². The quantitative estimate of drug-likeness (QED) is 0.700. The average molecular weight is 339 g/mol. The van der Waals surface area contributed by atoms with Crippen molar-refractivity contribution in [1.82, 2.24) is 4.57 Å². The second-order valence-corrected chi connectivity index (χ2v) is 6.58. The van der Waals surface area contributed by atoms with Crippen LogP contribution in [0.15, 0.2) is 42.5 Å². The Morgan fingerprint density at radius 1 is 1.04 bits per heavy atom. The SMILES string of the molecule is CCn1c(C)[n+](CC(O)COc2c(C)cccc2C)c2ccccc21. The van der Waals surface area contributed by atoms with E-state index in [1.807, 2.05) is 38.1 Å². The first-order valence-electron chi connectivity index (χ1n) is 8.87. The van der Waals surface area contributed by atoms with Gasteiger partial charge in [0.05, 0.1) is 6.54 Å². The number of aliphatic hydroxyl groups is 1. The van der Waals surface area contributed by atoms with Crippen LogP contribution in [0.3, 0.4) is 0 Å². The highest BCUT2D eigenvalue weighted by Crippen LogP contribution is 2.22. The van der Waals surface area contributed by atoms with Crippen molar-refractivity contribution in [1.29, 1.82) is 0 Å². The van der Waals surface area contributed by atoms with Crippen molar-refractivity contribution in [3.05, 3.63) is 59.4 Å². The predicted molar refractivity (Wildman–Crippen MR) is 100.0 cm³/mol. The molecular formula is C21H27N2O2+. The van der Waals surface area contributed by atoms with E-state index < -0.39 is 6.10 Å². The van der Waals surface area contributed by atoms with Crippen molar-refractivity contribution in [2.45, 2.75) is 46.9 Å². The van der Waals surface area contributed by atoms with Crippen molar-refractivity contribution in [2.75, 3.05) is 6.61 Å². The molecule has 0 saturated carbocycles. The third kappa shape index (κ3) is 3.40. The number of rotatable bonds is 6. The Kier molecular flexibility index (Phi) is 5.09. The van der Waals surface area contributed by atoms with Crippen LogP contribution in [0.1, 0.15) is 23.9 Å². The van der Waals surface area contributed by atoms with E-state index in [0.717, 1.165) is 34.8 Å². The summed E-state index contributed by atoms with van der Waals surface area (Å²) < 4.78 is 10.4. The molecule has 4 heteroatoms. The van der Waals surface area contributed by atoms with Crippen LogP contribution in [-0.4, -0.2) is 22.4 Å². The number of aromatic nitrogens is 2. The van der Waals surface area contributed by atoms with Gasteiger partial charge in [0.25, 0.3) is 5.82 Å². The lowest BCUT2D eigenvalue weighted by atomic mass is 10.1. The Morgan fingerprint density at radius 3 is 2.40 bits per heavy atom. The number of hydrogen-bond donors (Lipinski definition) is 1. The van der Waals surface area contributed by atoms with Gasteiger partial charge in [-0.15, -0.1) is 0 Å². The summed E-state index contributed by atoms with van der Waals surface area (Å²) in [6.45, 7) is 10.0. The van der Waals surface area contributed by atoms with E-state index in [1.54, 1.807) is 0 Å². The molecule has 0 aliphatic carbocycles. The first-order valence-corrected chi connectivity index (χ1v) is 8.87. The number of nitrogens with zero attached hydrogens (tertiary/aromatic N) is 2. The Hall–Kier alpha value is -2.33. The summed E-state index contributed by atoms with van der Waals surface area (Å²) in [6, 6.07) is 14.4. The summed E-state index contributed by atoms with van der Waals surface area (Å²) in [6.07, 6.45) is -0.571. The summed E-state index contributed by atoms with van der Waals surface area (Å²) in [7, 11) is 0. The molecule has 3 rings (SSSR count). The fraction of sp³-hybridized carbons (Fsp3) is 0.381. The lowest BCUT2D eigenvalue weighted by molar-refractivity contribution is -0.685. The summed E-state index contributed by atoms with van der Waals surface area (Å²) >= 11 is 0. The van der Waals surface area contributed by atoms with Gasteiger partial charge in [-0.25, -0.2) is 9.13 Å². The van der Waals surface area contributed by atoms with Crippen LogP contribution in [0.25, 0.3) is 11.0 Å². The normalized spacial score (nSPS) is 12.5. The topological polar surface area (TPSA) is 38.3 Å². The average Bonchev–Trinajstić information content (AvgIpc) is 2.86. The van der Waals surface area contributed by atoms with Crippen LogP contribution >= 0.6 is 0 Å². The lowest BCUT2D eigenvalue weighted by Crippen LogP contribution is -2.44. The van der Waals surface area contributed by atoms with E-state index in [1.165, 1.54) is 5.52 Å². The molecule has 0 fully saturated rings. The number of ether oxygens (including phenoxy) is 1. The molecule has 2 aromatic carbocycles. The minimum atomic E-state index is -0.571. The summed E-state index contributed by atoms with van der Waals surface area (Å²) in [5, 5.41) is 10.6. The van der Waals surface area contributed by atoms with Gasteiger partial charge in [0, 0.05) is 6.92 Å². The number of benzene rings is 2. The van der Waals surface area contributed by atoms with Gasteiger partial charge in [0.2, 0.25) is 0 Å². The summed E-state index contributed by atoms with van der Waals surface area (Å²) in [4.78, 5) is 0. The van der Waals surface area contributed by atoms with Gasteiger partial charge < -0.3 is 9.84 Å². The molecule has 1 heterocycles. The molecule has 1 atom stereocenters. The molecule has 1 aromatic heterocycles. The van der Waals surface area contributed by atoms with Crippen molar-refractivity contribution >= 4 is 11.0 Å². The fourth-order valence-electron chi connectivity index (χ4n) is 3.51. The molecule has 4 nitrogen and oxygen atoms in total. The van der Waals surface area contributed by atoms with E-state index in [9.17, 15) is 5.11 Å². The molecule has 0 aliphatic heterocycles. The lowest BCUT2D eigenvalue weighted by Gasteiger charge is -2.15. The molecular weight excluding hydrogens is 312 g/mol. The first-order chi connectivity index (χ1) is 12.0. The predicted octanol–water partition coefficient (Wildman–Crippen LogP) is 3.31. The maximum atomic E-state index is 10.6. The van der Waals surface area contributed by atoms with Gasteiger partial charge in [0.15, 0.2) is 11.0 Å². The van der Waals surface area contributed by atoms with E-state index in [-0.39, 0.29) is 6.61 Å². The number of fused-ring (bicyclic) bond motifs is 1. The van der Waals surface area contributed by atoms with Crippen LogP contribution in [-0.2, 0) is 13.1 Å². The molecule has 0 bridgehead atoms. The number of aryl methyl sites for hydroxylation is 3. The Bertz CT molecular complexity index is 863. The third-order valence-corrected chi connectivity index (χ3v) is 4.78. The Morgan fingerprint density at radius 2 is 1.72 bits per heavy atom. The zero-order valence-electron chi connectivity index (χ0n) is 15.5. The van der Waals surface area contributed by atoms with Crippen molar-refractivity contribution in [2.24, 2.45) is 0 Å². The van der Waals surface area contributed by atoms with Crippen molar-refractivity contribution in [3.63, 3.8) is 0 Å². The van der Waals surface area contributed by atoms with Gasteiger partial charge >= 0.3 is 0 Å². The molecule has 1 N–H and O–H groups in total. The minimum Gasteiger partial charge on any atom is -0.490 e. The molecule has 0 spiro atoms. The zero-order chi connectivity index (χ0) is 18.0. The molecule has 0 amide bonds. The van der Waals surface area contributed by atoms with Gasteiger partial charge in [-0.05, 0) is 44.0 Å². The molecule has 1 unspecified atom stereocenters. The van der Waals surface area contributed by atoms with E-state index >= 15 is 0 Å². The van der Waals surface area contributed by atoms with Gasteiger partial charge in [-0.2, -0.15) is 0 Å². The monoisotopic (exact) mass is 339 g/mol. The van der Waals surface area contributed by atoms with E-state index in [2.05, 4.69) is 41.2 Å². The van der Waals surface area contributed by atoms with Gasteiger partial charge in [0.1, 0.15) is 25.0 Å². The van der Waals surface area contributed by atoms with Gasteiger partial charge in [-0.3, -0.25) is 0 Å². The van der Waals surface area contributed by atoms with Crippen molar-refractivity contribution < 1.29 is 14.4 Å². The standard InChI is InChI=1S/C21H27N2O2/c1-5-22-17(4)23(20-12-7-6-11-19(20)22)13-18(24)14-25-21-15(2)9-8-10-16(21)3/h6-12,18,24H,5,13-14H2,1-4H3/q+1. The molecule has 132 valence electrons. The van der Waals surface area contributed by atoms with Crippen LogP contribution in [0.4, 0.5) is 0 Å². The summed E-state index contributed by atoms with van der Waals surface area (Å²) in [5.74, 6) is 2.02. The van der Waals surface area contributed by atoms with Crippen LogP contribution in [0, 0.1) is 20.8 Å². The second-order valence-electron chi connectivity index (χ2n) is 6.58. The number of aliphatic hydroxyl groups excluding tert-OH is 1. The Balaban J connectivity index is 1.79. The number of para-hydroxylation sites is 3. The molecule has 0 aliphatic rings. The molecule has 0 radical (unpaired) electrons. The van der Waals surface area contributed by atoms with E-state index in [4.69, 9.17) is 4.74 Å². The number of imidazole rings is 1. The Labute approximate surface area is 149 Å². The smallest absolute Gasteiger partial charge is 0.254 e. The maximum Gasteiger partial charge on any atom is 0.254 e. The van der Waals surface area contributed by atoms with Crippen LogP contribution in [0.2, 0.25) is 0 Å². The molecule has 25 heavy (non-hydrogen) atoms. The summed E-state index contributed by atoms with van der Waals surface area (Å²) in [5.41, 5.74) is 4.54. The highest BCUT2D eigenvalue weighted by molar-refractivity contribution is 5.72. The molecule has 0 saturated heterocycles. The highest BCUT2D eigenvalue weighted by atomic mass is 16.5. The van der Waals surface area contributed by atoms with E-state index in [0.29, 0.717) is 6.54 Å². The second kappa shape index (κ2) is 7.28. The highest BCUT2D eigenvalue weighted by Gasteiger charge is 2.22. The largest absolute Gasteiger partial charge is 0.490 e. The molecule has 3 aromatic rings. The first kappa shape index (κ1) is 17.5. The third-order valence-electron chi connectivity index (χ3n) is 4.78. The fourth-order valence-corrected chi connectivity index (χ4v) is 3.51.